The summed E-state index contributed by atoms with van der Waals surface area (Å²) in [6, 6.07) is 0. The normalized spacial score (nSPS) is 13.8. The van der Waals surface area contributed by atoms with E-state index in [1.807, 2.05) is 0 Å². The molecule has 0 aromatic carbocycles. The highest BCUT2D eigenvalue weighted by Gasteiger charge is 2.18. The van der Waals surface area contributed by atoms with Crippen molar-refractivity contribution >= 4 is 18.6 Å². The lowest BCUT2D eigenvalue weighted by molar-refractivity contribution is -0.144. The second kappa shape index (κ2) is 6.33. The third kappa shape index (κ3) is 8.42. The van der Waals surface area contributed by atoms with Crippen LogP contribution in [0.25, 0.3) is 0 Å². The third-order valence-electron chi connectivity index (χ3n) is 1.82. The van der Waals surface area contributed by atoms with Gasteiger partial charge in [-0.25, -0.2) is 0 Å². The molecule has 0 heterocycles. The Morgan fingerprint density at radius 3 is 2.43 bits per heavy atom. The van der Waals surface area contributed by atoms with E-state index in [1.165, 1.54) is 0 Å². The van der Waals surface area contributed by atoms with E-state index in [2.05, 4.69) is 27.7 Å². The summed E-state index contributed by atoms with van der Waals surface area (Å²) in [5, 5.41) is 0. The topological polar surface area (TPSA) is 26.3 Å². The van der Waals surface area contributed by atoms with Crippen LogP contribution in [0.2, 0.25) is 0 Å². The van der Waals surface area contributed by atoms with Crippen molar-refractivity contribution in [3.63, 3.8) is 0 Å². The quantitative estimate of drug-likeness (QED) is 0.661. The Bertz CT molecular complexity index is 173. The fraction of sp³-hybridized carbons (Fsp3) is 0.909. The molecule has 0 rings (SSSR count). The van der Waals surface area contributed by atoms with Gasteiger partial charge in [0.2, 0.25) is 0 Å². The Morgan fingerprint density at radius 1 is 1.43 bits per heavy atom. The number of rotatable bonds is 5. The number of hydrogen-bond acceptors (Lipinski definition) is 2. The molecule has 1 radical (unpaired) electrons. The van der Waals surface area contributed by atoms with Crippen molar-refractivity contribution in [3.8, 4) is 0 Å². The molecule has 0 N–H and O–H groups in total. The van der Waals surface area contributed by atoms with Gasteiger partial charge in [-0.15, -0.1) is 0 Å². The Labute approximate surface area is 92.8 Å². The van der Waals surface area contributed by atoms with Gasteiger partial charge in [0.15, 0.2) is 0 Å². The van der Waals surface area contributed by atoms with Crippen molar-refractivity contribution < 1.29 is 9.53 Å². The van der Waals surface area contributed by atoms with Gasteiger partial charge >= 0.3 is 5.97 Å². The lowest BCUT2D eigenvalue weighted by Crippen LogP contribution is -2.16. The third-order valence-corrected chi connectivity index (χ3v) is 1.99. The first-order chi connectivity index (χ1) is 6.35. The minimum atomic E-state index is -0.119. The van der Waals surface area contributed by atoms with Crippen LogP contribution in [0.4, 0.5) is 0 Å². The Kier molecular flexibility index (Phi) is 6.25. The Hall–Kier alpha value is -0.180. The van der Waals surface area contributed by atoms with Gasteiger partial charge in [-0.2, -0.15) is 0 Å². The van der Waals surface area contributed by atoms with Crippen molar-refractivity contribution in [1.82, 2.24) is 0 Å². The molecule has 1 unspecified atom stereocenters. The van der Waals surface area contributed by atoms with E-state index in [-0.39, 0.29) is 11.4 Å². The Morgan fingerprint density at radius 2 is 2.00 bits per heavy atom. The van der Waals surface area contributed by atoms with Crippen molar-refractivity contribution in [3.05, 3.63) is 0 Å². The first-order valence-electron chi connectivity index (χ1n) is 5.09. The number of carbonyl (C=O) groups excluding carboxylic acids is 1. The maximum absolute atomic E-state index is 11.2. The second-order valence-corrected chi connectivity index (χ2v) is 5.41. The van der Waals surface area contributed by atoms with Crippen LogP contribution in [0.3, 0.4) is 0 Å². The molecule has 0 aliphatic rings. The van der Waals surface area contributed by atoms with Crippen LogP contribution in [-0.2, 0) is 9.53 Å². The highest BCUT2D eigenvalue weighted by Crippen LogP contribution is 2.25. The second-order valence-electron chi connectivity index (χ2n) is 5.00. The van der Waals surface area contributed by atoms with E-state index < -0.39 is 0 Å². The van der Waals surface area contributed by atoms with Gasteiger partial charge in [-0.1, -0.05) is 40.3 Å². The average molecular weight is 217 g/mol. The largest absolute Gasteiger partial charge is 0.465 e. The van der Waals surface area contributed by atoms with Crippen LogP contribution in [-0.4, -0.2) is 18.3 Å². The molecule has 0 aliphatic carbocycles. The van der Waals surface area contributed by atoms with Gasteiger partial charge in [-0.3, -0.25) is 4.79 Å². The first-order valence-corrected chi connectivity index (χ1v) is 5.66. The highest BCUT2D eigenvalue weighted by molar-refractivity contribution is 7.80. The molecule has 2 nitrogen and oxygen atoms in total. The van der Waals surface area contributed by atoms with Crippen molar-refractivity contribution in [2.24, 2.45) is 11.3 Å². The minimum Gasteiger partial charge on any atom is -0.465 e. The number of hydrogen-bond donors (Lipinski definition) is 0. The molecular weight excluding hydrogens is 196 g/mol. The van der Waals surface area contributed by atoms with E-state index in [0.717, 1.165) is 6.42 Å². The summed E-state index contributed by atoms with van der Waals surface area (Å²) in [5.41, 5.74) is 0.276. The summed E-state index contributed by atoms with van der Waals surface area (Å²) < 4.78 is 4.93. The maximum atomic E-state index is 11.2. The lowest BCUT2D eigenvalue weighted by atomic mass is 9.84. The molecule has 1 atom stereocenters. The predicted molar refractivity (Wildman–Crippen MR) is 61.3 cm³/mol. The number of ether oxygens (including phenoxy) is 1. The molecule has 0 fully saturated rings. The van der Waals surface area contributed by atoms with E-state index in [1.54, 1.807) is 0 Å². The first kappa shape index (κ1) is 13.8. The molecule has 14 heavy (non-hydrogen) atoms. The van der Waals surface area contributed by atoms with Gasteiger partial charge in [-0.05, 0) is 17.8 Å². The summed E-state index contributed by atoms with van der Waals surface area (Å²) >= 11 is 4.69. The molecule has 0 spiro atoms. The fourth-order valence-electron chi connectivity index (χ4n) is 1.62. The minimum absolute atomic E-state index is 0.119. The fourth-order valence-corrected chi connectivity index (χ4v) is 1.70. The van der Waals surface area contributed by atoms with Crippen LogP contribution in [0.1, 0.15) is 40.5 Å². The molecule has 0 amide bonds. The monoisotopic (exact) mass is 217 g/mol. The summed E-state index contributed by atoms with van der Waals surface area (Å²) in [4.78, 5) is 11.2. The van der Waals surface area contributed by atoms with Crippen molar-refractivity contribution in [1.29, 1.82) is 0 Å². The lowest BCUT2D eigenvalue weighted by Gasteiger charge is -2.22. The van der Waals surface area contributed by atoms with Crippen LogP contribution in [0.15, 0.2) is 0 Å². The molecule has 0 saturated carbocycles. The molecule has 0 bridgehead atoms. The van der Waals surface area contributed by atoms with E-state index in [0.29, 0.717) is 24.7 Å². The predicted octanol–water partition coefficient (Wildman–Crippen LogP) is 3.19. The van der Waals surface area contributed by atoms with E-state index in [9.17, 15) is 4.79 Å². The SMILES string of the molecule is CC(CC(=O)OCC[S])CC(C)(C)C. The van der Waals surface area contributed by atoms with Crippen LogP contribution in [0.5, 0.6) is 0 Å². The maximum Gasteiger partial charge on any atom is 0.306 e. The molecule has 83 valence electrons. The van der Waals surface area contributed by atoms with Crippen molar-refractivity contribution in [2.75, 3.05) is 12.4 Å². The molecule has 0 aromatic heterocycles. The van der Waals surface area contributed by atoms with E-state index in [4.69, 9.17) is 17.4 Å². The average Bonchev–Trinajstić information content (AvgIpc) is 1.96. The standard InChI is InChI=1S/C11H21O2S/c1-9(8-11(2,3)4)7-10(12)13-5-6-14/h9H,5-8H2,1-4H3. The number of carbonyl (C=O) groups is 1. The van der Waals surface area contributed by atoms with Crippen LogP contribution < -0.4 is 0 Å². The zero-order chi connectivity index (χ0) is 11.2. The van der Waals surface area contributed by atoms with E-state index >= 15 is 0 Å². The highest BCUT2D eigenvalue weighted by atomic mass is 32.1. The summed E-state index contributed by atoms with van der Waals surface area (Å²) in [5.74, 6) is 0.749. The molecule has 0 aliphatic heterocycles. The summed E-state index contributed by atoms with van der Waals surface area (Å²) in [6.45, 7) is 8.99. The van der Waals surface area contributed by atoms with Gasteiger partial charge in [0, 0.05) is 12.2 Å². The zero-order valence-corrected chi connectivity index (χ0v) is 10.4. The molecule has 0 saturated heterocycles. The molecular formula is C11H21O2S. The van der Waals surface area contributed by atoms with Crippen LogP contribution >= 0.6 is 12.6 Å². The van der Waals surface area contributed by atoms with Crippen LogP contribution in [0, 0.1) is 11.3 Å². The van der Waals surface area contributed by atoms with Gasteiger partial charge in [0.25, 0.3) is 0 Å². The zero-order valence-electron chi connectivity index (χ0n) is 9.63. The van der Waals surface area contributed by atoms with Gasteiger partial charge in [0.05, 0.1) is 0 Å². The molecule has 0 aromatic rings. The molecule has 3 heteroatoms. The summed E-state index contributed by atoms with van der Waals surface area (Å²) in [7, 11) is 0. The van der Waals surface area contributed by atoms with Gasteiger partial charge in [0.1, 0.15) is 6.61 Å². The Balaban J connectivity index is 3.71. The smallest absolute Gasteiger partial charge is 0.306 e. The van der Waals surface area contributed by atoms with Gasteiger partial charge < -0.3 is 4.74 Å². The summed E-state index contributed by atoms with van der Waals surface area (Å²) in [6.07, 6.45) is 1.54. The number of esters is 1. The van der Waals surface area contributed by atoms with Crippen molar-refractivity contribution in [2.45, 2.75) is 40.5 Å².